The van der Waals surface area contributed by atoms with E-state index in [9.17, 15) is 4.79 Å². The van der Waals surface area contributed by atoms with Crippen molar-refractivity contribution in [2.24, 2.45) is 5.73 Å². The largest absolute Gasteiger partial charge is 0.365 e. The Morgan fingerprint density at radius 1 is 1.79 bits per heavy atom. The Hall–Kier alpha value is -1.05. The molecule has 0 aromatic carbocycles. The lowest BCUT2D eigenvalue weighted by Crippen LogP contribution is -2.46. The van der Waals surface area contributed by atoms with E-state index in [-0.39, 0.29) is 24.6 Å². The molecule has 0 bridgehead atoms. The third-order valence-corrected chi connectivity index (χ3v) is 2.26. The van der Waals surface area contributed by atoms with Crippen LogP contribution in [0, 0.1) is 12.3 Å². The van der Waals surface area contributed by atoms with Crippen molar-refractivity contribution in [3.05, 3.63) is 0 Å². The molecule has 0 aromatic rings. The number of ether oxygens (including phenoxy) is 1. The summed E-state index contributed by atoms with van der Waals surface area (Å²) in [4.78, 5) is 11.3. The van der Waals surface area contributed by atoms with E-state index in [2.05, 4.69) is 11.2 Å². The number of nitrogens with two attached hydrogens (primary N) is 1. The van der Waals surface area contributed by atoms with Gasteiger partial charge in [-0.15, -0.1) is 6.42 Å². The smallest absolute Gasteiger partial charge is 0.249 e. The van der Waals surface area contributed by atoms with Gasteiger partial charge in [0.25, 0.3) is 0 Å². The second-order valence-electron chi connectivity index (χ2n) is 3.55. The number of carbonyl (C=O) groups excluding carboxylic acids is 1. The highest BCUT2D eigenvalue weighted by Crippen LogP contribution is 2.22. The van der Waals surface area contributed by atoms with Crippen molar-refractivity contribution < 1.29 is 9.53 Å². The highest BCUT2D eigenvalue weighted by Gasteiger charge is 2.29. The first kappa shape index (κ1) is 11.0. The molecule has 3 N–H and O–H groups in total. The van der Waals surface area contributed by atoms with E-state index in [1.54, 1.807) is 6.92 Å². The molecule has 1 fully saturated rings. The number of rotatable bonds is 4. The highest BCUT2D eigenvalue weighted by molar-refractivity contribution is 5.80. The SMILES string of the molecule is C#CCNC(=O)C(C)OC1CC(N)C1. The average Bonchev–Trinajstić information content (AvgIpc) is 2.11. The van der Waals surface area contributed by atoms with Crippen molar-refractivity contribution in [2.45, 2.75) is 38.0 Å². The van der Waals surface area contributed by atoms with Gasteiger partial charge in [0.1, 0.15) is 6.10 Å². The number of hydrogen-bond donors (Lipinski definition) is 2. The quantitative estimate of drug-likeness (QED) is 0.603. The minimum Gasteiger partial charge on any atom is -0.365 e. The van der Waals surface area contributed by atoms with E-state index in [1.807, 2.05) is 0 Å². The maximum absolute atomic E-state index is 11.3. The summed E-state index contributed by atoms with van der Waals surface area (Å²) in [5.41, 5.74) is 5.59. The standard InChI is InChI=1S/C10H16N2O2/c1-3-4-12-10(13)7(2)14-9-5-8(11)6-9/h1,7-9H,4-6,11H2,2H3,(H,12,13). The number of hydrogen-bond acceptors (Lipinski definition) is 3. The Balaban J connectivity index is 2.18. The van der Waals surface area contributed by atoms with Gasteiger partial charge in [-0.2, -0.15) is 0 Å². The molecule has 0 heterocycles. The van der Waals surface area contributed by atoms with Gasteiger partial charge in [0.05, 0.1) is 12.6 Å². The zero-order valence-electron chi connectivity index (χ0n) is 8.32. The van der Waals surface area contributed by atoms with Crippen molar-refractivity contribution in [2.75, 3.05) is 6.54 Å². The van der Waals surface area contributed by atoms with Gasteiger partial charge < -0.3 is 15.8 Å². The fourth-order valence-electron chi connectivity index (χ4n) is 1.35. The van der Waals surface area contributed by atoms with E-state index >= 15 is 0 Å². The lowest BCUT2D eigenvalue weighted by molar-refractivity contribution is -0.139. The van der Waals surface area contributed by atoms with Crippen LogP contribution in [0.5, 0.6) is 0 Å². The third-order valence-electron chi connectivity index (χ3n) is 2.26. The number of amides is 1. The molecule has 4 heteroatoms. The monoisotopic (exact) mass is 196 g/mol. The summed E-state index contributed by atoms with van der Waals surface area (Å²) >= 11 is 0. The van der Waals surface area contributed by atoms with Crippen LogP contribution in [0.1, 0.15) is 19.8 Å². The Labute approximate surface area is 84.2 Å². The molecule has 0 radical (unpaired) electrons. The maximum Gasteiger partial charge on any atom is 0.249 e. The Bertz CT molecular complexity index is 241. The minimum absolute atomic E-state index is 0.136. The molecule has 14 heavy (non-hydrogen) atoms. The van der Waals surface area contributed by atoms with Crippen molar-refractivity contribution in [3.8, 4) is 12.3 Å². The van der Waals surface area contributed by atoms with Crippen molar-refractivity contribution in [3.63, 3.8) is 0 Å². The molecule has 1 amide bonds. The van der Waals surface area contributed by atoms with E-state index in [0.717, 1.165) is 12.8 Å². The predicted molar refractivity (Wildman–Crippen MR) is 53.4 cm³/mol. The van der Waals surface area contributed by atoms with Crippen LogP contribution < -0.4 is 11.1 Å². The molecule has 0 spiro atoms. The van der Waals surface area contributed by atoms with Crippen molar-refractivity contribution >= 4 is 5.91 Å². The van der Waals surface area contributed by atoms with Crippen LogP contribution >= 0.6 is 0 Å². The first-order valence-corrected chi connectivity index (χ1v) is 4.75. The van der Waals surface area contributed by atoms with Crippen molar-refractivity contribution in [1.29, 1.82) is 0 Å². The second kappa shape index (κ2) is 4.99. The number of carbonyl (C=O) groups is 1. The first-order chi connectivity index (χ1) is 6.63. The topological polar surface area (TPSA) is 64.3 Å². The Kier molecular flexibility index (Phi) is 3.93. The molecular formula is C10H16N2O2. The maximum atomic E-state index is 11.3. The molecule has 1 aliphatic carbocycles. The molecular weight excluding hydrogens is 180 g/mol. The number of terminal acetylenes is 1. The van der Waals surface area contributed by atoms with Crippen LogP contribution in [-0.2, 0) is 9.53 Å². The molecule has 0 saturated heterocycles. The van der Waals surface area contributed by atoms with Gasteiger partial charge in [-0.05, 0) is 19.8 Å². The van der Waals surface area contributed by atoms with Crippen LogP contribution in [0.25, 0.3) is 0 Å². The zero-order valence-corrected chi connectivity index (χ0v) is 8.32. The van der Waals surface area contributed by atoms with Crippen LogP contribution in [0.2, 0.25) is 0 Å². The zero-order chi connectivity index (χ0) is 10.6. The van der Waals surface area contributed by atoms with Gasteiger partial charge in [0, 0.05) is 6.04 Å². The fraction of sp³-hybridized carbons (Fsp3) is 0.700. The third kappa shape index (κ3) is 3.02. The molecule has 0 aromatic heterocycles. The van der Waals surface area contributed by atoms with Gasteiger partial charge in [-0.3, -0.25) is 4.79 Å². The first-order valence-electron chi connectivity index (χ1n) is 4.75. The second-order valence-corrected chi connectivity index (χ2v) is 3.55. The summed E-state index contributed by atoms with van der Waals surface area (Å²) in [5, 5.41) is 2.57. The summed E-state index contributed by atoms with van der Waals surface area (Å²) in [7, 11) is 0. The van der Waals surface area contributed by atoms with E-state index in [1.165, 1.54) is 0 Å². The molecule has 78 valence electrons. The van der Waals surface area contributed by atoms with Crippen LogP contribution in [0.3, 0.4) is 0 Å². The molecule has 4 nitrogen and oxygen atoms in total. The fourth-order valence-corrected chi connectivity index (χ4v) is 1.35. The van der Waals surface area contributed by atoms with Crippen LogP contribution in [-0.4, -0.2) is 30.7 Å². The summed E-state index contributed by atoms with van der Waals surface area (Å²) in [6, 6.07) is 0.237. The van der Waals surface area contributed by atoms with E-state index < -0.39 is 6.10 Å². The summed E-state index contributed by atoms with van der Waals surface area (Å²) in [5.74, 6) is 2.17. The molecule has 1 saturated carbocycles. The minimum atomic E-state index is -0.444. The Morgan fingerprint density at radius 2 is 2.43 bits per heavy atom. The van der Waals surface area contributed by atoms with Gasteiger partial charge in [0.15, 0.2) is 0 Å². The lowest BCUT2D eigenvalue weighted by atomic mass is 9.90. The molecule has 1 rings (SSSR count). The predicted octanol–water partition coefficient (Wildman–Crippen LogP) is -0.369. The lowest BCUT2D eigenvalue weighted by Gasteiger charge is -2.33. The molecule has 0 aliphatic heterocycles. The summed E-state index contributed by atoms with van der Waals surface area (Å²) < 4.78 is 5.45. The van der Waals surface area contributed by atoms with E-state index in [4.69, 9.17) is 16.9 Å². The van der Waals surface area contributed by atoms with E-state index in [0.29, 0.717) is 0 Å². The highest BCUT2D eigenvalue weighted by atomic mass is 16.5. The molecule has 1 unspecified atom stereocenters. The van der Waals surface area contributed by atoms with Gasteiger partial charge >= 0.3 is 0 Å². The van der Waals surface area contributed by atoms with Gasteiger partial charge in [-0.1, -0.05) is 5.92 Å². The van der Waals surface area contributed by atoms with Crippen molar-refractivity contribution in [1.82, 2.24) is 5.32 Å². The van der Waals surface area contributed by atoms with Gasteiger partial charge in [-0.25, -0.2) is 0 Å². The molecule has 1 aliphatic rings. The normalized spacial score (nSPS) is 27.2. The summed E-state index contributed by atoms with van der Waals surface area (Å²) in [6.45, 7) is 1.96. The Morgan fingerprint density at radius 3 is 2.93 bits per heavy atom. The van der Waals surface area contributed by atoms with Gasteiger partial charge in [0.2, 0.25) is 5.91 Å². The number of nitrogens with one attached hydrogen (secondary N) is 1. The molecule has 1 atom stereocenters. The average molecular weight is 196 g/mol. The summed E-state index contributed by atoms with van der Waals surface area (Å²) in [6.07, 6.45) is 6.38. The van der Waals surface area contributed by atoms with Crippen LogP contribution in [0.15, 0.2) is 0 Å². The van der Waals surface area contributed by atoms with Crippen LogP contribution in [0.4, 0.5) is 0 Å².